The molecule has 2 aromatic heterocycles. The van der Waals surface area contributed by atoms with Crippen LogP contribution in [-0.4, -0.2) is 14.3 Å². The predicted molar refractivity (Wildman–Crippen MR) is 64.2 cm³/mol. The van der Waals surface area contributed by atoms with Gasteiger partial charge in [-0.2, -0.15) is 0 Å². The highest BCUT2D eigenvalue weighted by molar-refractivity contribution is 5.21. The third-order valence-electron chi connectivity index (χ3n) is 2.94. The van der Waals surface area contributed by atoms with Crippen LogP contribution in [0.15, 0.2) is 21.7 Å². The summed E-state index contributed by atoms with van der Waals surface area (Å²) in [5.74, 6) is 0.770. The second kappa shape index (κ2) is 4.24. The van der Waals surface area contributed by atoms with E-state index in [1.807, 2.05) is 33.9 Å². The molecule has 0 saturated heterocycles. The van der Waals surface area contributed by atoms with Crippen LogP contribution in [0.4, 0.5) is 0 Å². The Morgan fingerprint density at radius 1 is 1.35 bits per heavy atom. The first-order valence-corrected chi connectivity index (χ1v) is 5.69. The highest BCUT2D eigenvalue weighted by Crippen LogP contribution is 2.13. The summed E-state index contributed by atoms with van der Waals surface area (Å²) >= 11 is 0. The molecule has 0 aliphatic rings. The molecular weight excluding hydrogens is 218 g/mol. The van der Waals surface area contributed by atoms with Crippen LogP contribution in [0.3, 0.4) is 0 Å². The van der Waals surface area contributed by atoms with Crippen molar-refractivity contribution in [1.82, 2.24) is 14.3 Å². The minimum atomic E-state index is 0.000000000000000222. The fourth-order valence-electron chi connectivity index (χ4n) is 1.84. The van der Waals surface area contributed by atoms with Gasteiger partial charge in [-0.3, -0.25) is 9.13 Å². The lowest BCUT2D eigenvalue weighted by Gasteiger charge is -2.04. The summed E-state index contributed by atoms with van der Waals surface area (Å²) in [7, 11) is 0. The smallest absolute Gasteiger partial charge is 0.328 e. The Bertz CT molecular complexity index is 555. The molecule has 2 heterocycles. The van der Waals surface area contributed by atoms with Crippen LogP contribution in [0.1, 0.15) is 36.9 Å². The zero-order chi connectivity index (χ0) is 12.6. The van der Waals surface area contributed by atoms with Crippen molar-refractivity contribution >= 4 is 0 Å². The van der Waals surface area contributed by atoms with E-state index in [0.717, 1.165) is 17.0 Å². The van der Waals surface area contributed by atoms with E-state index in [0.29, 0.717) is 6.54 Å². The molecule has 0 saturated carbocycles. The third kappa shape index (κ3) is 2.05. The van der Waals surface area contributed by atoms with Crippen molar-refractivity contribution in [1.29, 1.82) is 0 Å². The minimum absolute atomic E-state index is 0.000000000000000222. The van der Waals surface area contributed by atoms with Crippen molar-refractivity contribution in [2.24, 2.45) is 0 Å². The fourth-order valence-corrected chi connectivity index (χ4v) is 1.84. The van der Waals surface area contributed by atoms with Crippen molar-refractivity contribution in [3.05, 3.63) is 39.9 Å². The van der Waals surface area contributed by atoms with E-state index >= 15 is 0 Å². The number of imidazole rings is 1. The van der Waals surface area contributed by atoms with E-state index in [2.05, 4.69) is 5.16 Å². The van der Waals surface area contributed by atoms with Gasteiger partial charge in [0.1, 0.15) is 5.76 Å². The van der Waals surface area contributed by atoms with Gasteiger partial charge in [0.05, 0.1) is 12.2 Å². The van der Waals surface area contributed by atoms with Gasteiger partial charge in [0.25, 0.3) is 0 Å². The van der Waals surface area contributed by atoms with E-state index in [9.17, 15) is 4.79 Å². The van der Waals surface area contributed by atoms with Crippen LogP contribution < -0.4 is 5.69 Å². The van der Waals surface area contributed by atoms with Crippen molar-refractivity contribution in [2.45, 2.75) is 40.3 Å². The first kappa shape index (κ1) is 11.7. The number of aryl methyl sites for hydroxylation is 2. The van der Waals surface area contributed by atoms with Gasteiger partial charge < -0.3 is 4.52 Å². The van der Waals surface area contributed by atoms with E-state index < -0.39 is 0 Å². The maximum atomic E-state index is 12.0. The van der Waals surface area contributed by atoms with Gasteiger partial charge in [0.2, 0.25) is 0 Å². The van der Waals surface area contributed by atoms with E-state index in [1.165, 1.54) is 0 Å². The summed E-state index contributed by atoms with van der Waals surface area (Å²) < 4.78 is 8.47. The molecule has 0 amide bonds. The maximum Gasteiger partial charge on any atom is 0.328 e. The molecule has 0 aliphatic carbocycles. The molecule has 2 rings (SSSR count). The molecule has 0 spiro atoms. The lowest BCUT2D eigenvalue weighted by atomic mass is 10.2. The Morgan fingerprint density at radius 2 is 2.06 bits per heavy atom. The van der Waals surface area contributed by atoms with Gasteiger partial charge in [-0.15, -0.1) is 0 Å². The van der Waals surface area contributed by atoms with Gasteiger partial charge in [-0.1, -0.05) is 5.16 Å². The number of hydrogen-bond acceptors (Lipinski definition) is 3. The number of rotatable bonds is 3. The summed E-state index contributed by atoms with van der Waals surface area (Å²) in [6, 6.07) is 0.174. The normalized spacial score (nSPS) is 11.4. The summed E-state index contributed by atoms with van der Waals surface area (Å²) in [6.07, 6.45) is 3.61. The summed E-state index contributed by atoms with van der Waals surface area (Å²) in [5.41, 5.74) is 1.82. The SMILES string of the molecule is Cc1noc(C)c1Cn1ccn(C(C)C)c1=O. The quantitative estimate of drug-likeness (QED) is 0.816. The highest BCUT2D eigenvalue weighted by atomic mass is 16.5. The molecule has 0 bridgehead atoms. The molecular formula is C12H17N3O2. The third-order valence-corrected chi connectivity index (χ3v) is 2.94. The maximum absolute atomic E-state index is 12.0. The van der Waals surface area contributed by atoms with E-state index in [-0.39, 0.29) is 11.7 Å². The molecule has 0 aromatic carbocycles. The molecule has 0 radical (unpaired) electrons. The van der Waals surface area contributed by atoms with Crippen LogP contribution >= 0.6 is 0 Å². The van der Waals surface area contributed by atoms with Crippen LogP contribution in [0, 0.1) is 13.8 Å². The first-order valence-electron chi connectivity index (χ1n) is 5.69. The average molecular weight is 235 g/mol. The van der Waals surface area contributed by atoms with Crippen molar-refractivity contribution in [3.63, 3.8) is 0 Å². The van der Waals surface area contributed by atoms with Crippen LogP contribution in [-0.2, 0) is 6.54 Å². The summed E-state index contributed by atoms with van der Waals surface area (Å²) in [6.45, 7) is 8.24. The van der Waals surface area contributed by atoms with Crippen molar-refractivity contribution in [3.8, 4) is 0 Å². The first-order chi connectivity index (χ1) is 8.00. The molecule has 5 heteroatoms. The Labute approximate surface area is 99.7 Å². The predicted octanol–water partition coefficient (Wildman–Crippen LogP) is 1.88. The van der Waals surface area contributed by atoms with Gasteiger partial charge in [-0.05, 0) is 27.7 Å². The minimum Gasteiger partial charge on any atom is -0.361 e. The Morgan fingerprint density at radius 3 is 2.53 bits per heavy atom. The molecule has 0 atom stereocenters. The van der Waals surface area contributed by atoms with Crippen LogP contribution in [0.25, 0.3) is 0 Å². The van der Waals surface area contributed by atoms with Crippen LogP contribution in [0.2, 0.25) is 0 Å². The number of nitrogens with zero attached hydrogens (tertiary/aromatic N) is 3. The molecule has 0 N–H and O–H groups in total. The zero-order valence-corrected chi connectivity index (χ0v) is 10.6. The lowest BCUT2D eigenvalue weighted by molar-refractivity contribution is 0.392. The molecule has 17 heavy (non-hydrogen) atoms. The highest BCUT2D eigenvalue weighted by Gasteiger charge is 2.12. The van der Waals surface area contributed by atoms with Gasteiger partial charge >= 0.3 is 5.69 Å². The number of aromatic nitrogens is 3. The van der Waals surface area contributed by atoms with Gasteiger partial charge in [0.15, 0.2) is 0 Å². The average Bonchev–Trinajstić information content (AvgIpc) is 2.77. The lowest BCUT2D eigenvalue weighted by Crippen LogP contribution is -2.25. The second-order valence-electron chi connectivity index (χ2n) is 4.51. The monoisotopic (exact) mass is 235 g/mol. The van der Waals surface area contributed by atoms with E-state index in [1.54, 1.807) is 15.3 Å². The van der Waals surface area contributed by atoms with E-state index in [4.69, 9.17) is 4.52 Å². The Balaban J connectivity index is 2.35. The molecule has 92 valence electrons. The Hall–Kier alpha value is -1.78. The van der Waals surface area contributed by atoms with Gasteiger partial charge in [-0.25, -0.2) is 4.79 Å². The Kier molecular flexibility index (Phi) is 2.92. The van der Waals surface area contributed by atoms with Crippen molar-refractivity contribution in [2.75, 3.05) is 0 Å². The molecule has 2 aromatic rings. The van der Waals surface area contributed by atoms with Crippen LogP contribution in [0.5, 0.6) is 0 Å². The van der Waals surface area contributed by atoms with Gasteiger partial charge in [0, 0.05) is 24.0 Å². The molecule has 0 fully saturated rings. The fraction of sp³-hybridized carbons (Fsp3) is 0.500. The standard InChI is InChI=1S/C12H17N3O2/c1-8(2)15-6-5-14(12(15)16)7-11-9(3)13-17-10(11)4/h5-6,8H,7H2,1-4H3. The molecule has 0 aliphatic heterocycles. The molecule has 5 nitrogen and oxygen atoms in total. The van der Waals surface area contributed by atoms with Crippen molar-refractivity contribution < 1.29 is 4.52 Å². The summed E-state index contributed by atoms with van der Waals surface area (Å²) in [5, 5.41) is 3.89. The largest absolute Gasteiger partial charge is 0.361 e. The zero-order valence-electron chi connectivity index (χ0n) is 10.6. The summed E-state index contributed by atoms with van der Waals surface area (Å²) in [4.78, 5) is 12.0. The number of hydrogen-bond donors (Lipinski definition) is 0. The topological polar surface area (TPSA) is 53.0 Å². The second-order valence-corrected chi connectivity index (χ2v) is 4.51. The molecule has 0 unspecified atom stereocenters.